The first-order valence-electron chi connectivity index (χ1n) is 5.63. The van der Waals surface area contributed by atoms with Crippen molar-refractivity contribution in [3.05, 3.63) is 0 Å². The third kappa shape index (κ3) is 9.52. The molecule has 1 atom stereocenters. The largest absolute Gasteiger partial charge is 0.393 e. The Balaban J connectivity index is 3.14. The van der Waals surface area contributed by atoms with Gasteiger partial charge in [0, 0.05) is 0 Å². The molecular weight excluding hydrogens is 178 g/mol. The summed E-state index contributed by atoms with van der Waals surface area (Å²) < 4.78 is 0. The fourth-order valence-electron chi connectivity index (χ4n) is 1.49. The van der Waals surface area contributed by atoms with Gasteiger partial charge in [-0.1, -0.05) is 45.4 Å². The molecule has 3 nitrogen and oxygen atoms in total. The Labute approximate surface area is 86.7 Å². The Bertz CT molecular complexity index is 148. The van der Waals surface area contributed by atoms with Crippen molar-refractivity contribution in [2.45, 2.75) is 64.4 Å². The first kappa shape index (κ1) is 13.4. The fourth-order valence-corrected chi connectivity index (χ4v) is 1.49. The van der Waals surface area contributed by atoms with Gasteiger partial charge < -0.3 is 10.8 Å². The molecule has 3 N–H and O–H groups in total. The number of nitrogens with two attached hydrogens (primary N) is 1. The maximum Gasteiger partial charge on any atom is 0.220 e. The van der Waals surface area contributed by atoms with Crippen LogP contribution in [0.1, 0.15) is 58.3 Å². The van der Waals surface area contributed by atoms with Gasteiger partial charge in [0.05, 0.1) is 12.5 Å². The van der Waals surface area contributed by atoms with Gasteiger partial charge in [0.2, 0.25) is 5.91 Å². The predicted molar refractivity (Wildman–Crippen MR) is 57.8 cm³/mol. The van der Waals surface area contributed by atoms with Crippen molar-refractivity contribution in [1.29, 1.82) is 0 Å². The van der Waals surface area contributed by atoms with Crippen LogP contribution in [0, 0.1) is 0 Å². The Morgan fingerprint density at radius 2 is 1.79 bits per heavy atom. The third-order valence-electron chi connectivity index (χ3n) is 2.33. The standard InChI is InChI=1S/C11H23NO2/c1-2-3-4-5-6-7-8-10(13)9-11(12)14/h10,13H,2-9H2,1H3,(H2,12,14). The van der Waals surface area contributed by atoms with Crippen LogP contribution >= 0.6 is 0 Å². The van der Waals surface area contributed by atoms with Gasteiger partial charge >= 0.3 is 0 Å². The van der Waals surface area contributed by atoms with Crippen molar-refractivity contribution in [2.75, 3.05) is 0 Å². The summed E-state index contributed by atoms with van der Waals surface area (Å²) in [4.78, 5) is 10.4. The number of primary amides is 1. The van der Waals surface area contributed by atoms with Crippen LogP contribution in [0.4, 0.5) is 0 Å². The van der Waals surface area contributed by atoms with Crippen molar-refractivity contribution >= 4 is 5.91 Å². The van der Waals surface area contributed by atoms with Crippen molar-refractivity contribution in [3.8, 4) is 0 Å². The highest BCUT2D eigenvalue weighted by atomic mass is 16.3. The second kappa shape index (κ2) is 9.00. The zero-order valence-electron chi connectivity index (χ0n) is 9.17. The molecule has 0 fully saturated rings. The van der Waals surface area contributed by atoms with Gasteiger partial charge in [0.15, 0.2) is 0 Å². The van der Waals surface area contributed by atoms with E-state index in [0.717, 1.165) is 12.8 Å². The average molecular weight is 201 g/mol. The molecular formula is C11H23NO2. The van der Waals surface area contributed by atoms with E-state index in [1.807, 2.05) is 0 Å². The van der Waals surface area contributed by atoms with Crippen molar-refractivity contribution in [2.24, 2.45) is 5.73 Å². The Hall–Kier alpha value is -0.570. The molecule has 0 aromatic rings. The molecule has 0 saturated heterocycles. The highest BCUT2D eigenvalue weighted by Gasteiger charge is 2.06. The van der Waals surface area contributed by atoms with Crippen LogP contribution in [0.3, 0.4) is 0 Å². The van der Waals surface area contributed by atoms with Crippen molar-refractivity contribution in [1.82, 2.24) is 0 Å². The van der Waals surface area contributed by atoms with E-state index < -0.39 is 12.0 Å². The highest BCUT2D eigenvalue weighted by molar-refractivity contribution is 5.74. The van der Waals surface area contributed by atoms with Gasteiger partial charge in [0.1, 0.15) is 0 Å². The van der Waals surface area contributed by atoms with Crippen LogP contribution < -0.4 is 5.73 Å². The summed E-state index contributed by atoms with van der Waals surface area (Å²) in [6, 6.07) is 0. The molecule has 0 aliphatic carbocycles. The molecule has 0 saturated carbocycles. The summed E-state index contributed by atoms with van der Waals surface area (Å²) in [5, 5.41) is 9.32. The van der Waals surface area contributed by atoms with E-state index in [0.29, 0.717) is 6.42 Å². The summed E-state index contributed by atoms with van der Waals surface area (Å²) in [5.41, 5.74) is 4.96. The van der Waals surface area contributed by atoms with Crippen LogP contribution in [-0.4, -0.2) is 17.1 Å². The molecule has 1 unspecified atom stereocenters. The Kier molecular flexibility index (Phi) is 8.64. The molecule has 0 heterocycles. The molecule has 14 heavy (non-hydrogen) atoms. The minimum atomic E-state index is -0.529. The molecule has 0 aliphatic heterocycles. The summed E-state index contributed by atoms with van der Waals surface area (Å²) >= 11 is 0. The van der Waals surface area contributed by atoms with Gasteiger partial charge in [0.25, 0.3) is 0 Å². The molecule has 3 heteroatoms. The van der Waals surface area contributed by atoms with Gasteiger partial charge in [-0.05, 0) is 6.42 Å². The van der Waals surface area contributed by atoms with E-state index in [2.05, 4.69) is 6.92 Å². The molecule has 0 radical (unpaired) electrons. The molecule has 0 aromatic carbocycles. The topological polar surface area (TPSA) is 63.3 Å². The molecule has 1 amide bonds. The lowest BCUT2D eigenvalue weighted by molar-refractivity contribution is -0.119. The van der Waals surface area contributed by atoms with Crippen molar-refractivity contribution < 1.29 is 9.90 Å². The lowest BCUT2D eigenvalue weighted by Gasteiger charge is -2.07. The summed E-state index contributed by atoms with van der Waals surface area (Å²) in [6.45, 7) is 2.19. The number of unbranched alkanes of at least 4 members (excludes halogenated alkanes) is 5. The number of amides is 1. The number of carbonyl (C=O) groups is 1. The van der Waals surface area contributed by atoms with E-state index in [1.54, 1.807) is 0 Å². The smallest absolute Gasteiger partial charge is 0.220 e. The lowest BCUT2D eigenvalue weighted by atomic mass is 10.1. The second-order valence-electron chi connectivity index (χ2n) is 3.88. The van der Waals surface area contributed by atoms with Gasteiger partial charge in [-0.3, -0.25) is 4.79 Å². The van der Waals surface area contributed by atoms with E-state index in [4.69, 9.17) is 5.73 Å². The van der Waals surface area contributed by atoms with E-state index in [1.165, 1.54) is 25.7 Å². The quantitative estimate of drug-likeness (QED) is 0.560. The molecule has 0 bridgehead atoms. The Morgan fingerprint density at radius 1 is 1.21 bits per heavy atom. The molecule has 0 aromatic heterocycles. The monoisotopic (exact) mass is 201 g/mol. The molecule has 0 spiro atoms. The van der Waals surface area contributed by atoms with Crippen LogP contribution in [0.25, 0.3) is 0 Å². The SMILES string of the molecule is CCCCCCCCC(O)CC(N)=O. The number of hydrogen-bond donors (Lipinski definition) is 2. The first-order chi connectivity index (χ1) is 6.66. The average Bonchev–Trinajstić information content (AvgIpc) is 2.10. The molecule has 84 valence electrons. The first-order valence-corrected chi connectivity index (χ1v) is 5.63. The highest BCUT2D eigenvalue weighted by Crippen LogP contribution is 2.09. The Morgan fingerprint density at radius 3 is 2.36 bits per heavy atom. The second-order valence-corrected chi connectivity index (χ2v) is 3.88. The maximum absolute atomic E-state index is 10.4. The minimum absolute atomic E-state index is 0.106. The fraction of sp³-hybridized carbons (Fsp3) is 0.909. The summed E-state index contributed by atoms with van der Waals surface area (Å²) in [7, 11) is 0. The number of aliphatic hydroxyl groups excluding tert-OH is 1. The maximum atomic E-state index is 10.4. The van der Waals surface area contributed by atoms with Crippen LogP contribution in [0.5, 0.6) is 0 Å². The number of rotatable bonds is 9. The van der Waals surface area contributed by atoms with Crippen molar-refractivity contribution in [3.63, 3.8) is 0 Å². The predicted octanol–water partition coefficient (Wildman–Crippen LogP) is 1.97. The minimum Gasteiger partial charge on any atom is -0.393 e. The zero-order chi connectivity index (χ0) is 10.8. The third-order valence-corrected chi connectivity index (χ3v) is 2.33. The van der Waals surface area contributed by atoms with E-state index >= 15 is 0 Å². The zero-order valence-corrected chi connectivity index (χ0v) is 9.17. The number of carbonyl (C=O) groups excluding carboxylic acids is 1. The lowest BCUT2D eigenvalue weighted by Crippen LogP contribution is -2.19. The van der Waals surface area contributed by atoms with Crippen LogP contribution in [0.15, 0.2) is 0 Å². The molecule has 0 rings (SSSR count). The van der Waals surface area contributed by atoms with Gasteiger partial charge in [-0.15, -0.1) is 0 Å². The van der Waals surface area contributed by atoms with E-state index in [-0.39, 0.29) is 6.42 Å². The number of hydrogen-bond acceptors (Lipinski definition) is 2. The summed E-state index contributed by atoms with van der Waals surface area (Å²) in [6.07, 6.45) is 7.49. The normalized spacial score (nSPS) is 12.7. The van der Waals surface area contributed by atoms with E-state index in [9.17, 15) is 9.90 Å². The van der Waals surface area contributed by atoms with Crippen LogP contribution in [-0.2, 0) is 4.79 Å². The number of aliphatic hydroxyl groups is 1. The van der Waals surface area contributed by atoms with Gasteiger partial charge in [-0.2, -0.15) is 0 Å². The summed E-state index contributed by atoms with van der Waals surface area (Å²) in [5.74, 6) is -0.413. The molecule has 0 aliphatic rings. The van der Waals surface area contributed by atoms with Gasteiger partial charge in [-0.25, -0.2) is 0 Å². The van der Waals surface area contributed by atoms with Crippen LogP contribution in [0.2, 0.25) is 0 Å².